The Morgan fingerprint density at radius 2 is 2.10 bits per heavy atom. The van der Waals surface area contributed by atoms with Crippen LogP contribution in [0.15, 0.2) is 19.8 Å². The van der Waals surface area contributed by atoms with Gasteiger partial charge in [-0.3, -0.25) is 0 Å². The molecule has 0 atom stereocenters. The van der Waals surface area contributed by atoms with Crippen molar-refractivity contribution < 1.29 is 23.4 Å². The maximum absolute atomic E-state index is 11.7. The molecule has 0 spiro atoms. The van der Waals surface area contributed by atoms with Gasteiger partial charge in [-0.2, -0.15) is 0 Å². The molecule has 0 saturated carbocycles. The molecule has 112 valence electrons. The van der Waals surface area contributed by atoms with Gasteiger partial charge in [-0.25, -0.2) is 9.59 Å². The minimum Gasteiger partial charge on any atom is -0.483 e. The molecular formula is C13H17BrO6. The number of hydrogen-bond donors (Lipinski definition) is 0. The summed E-state index contributed by atoms with van der Waals surface area (Å²) >= 11 is 3.15. The van der Waals surface area contributed by atoms with Crippen LogP contribution in [0.1, 0.15) is 24.4 Å². The highest BCUT2D eigenvalue weighted by molar-refractivity contribution is 9.10. The molecule has 0 fully saturated rings. The van der Waals surface area contributed by atoms with Crippen LogP contribution in [0.25, 0.3) is 0 Å². The highest BCUT2D eigenvalue weighted by Crippen LogP contribution is 2.22. The number of carbonyl (C=O) groups is 1. The van der Waals surface area contributed by atoms with Gasteiger partial charge in [0.05, 0.1) is 18.2 Å². The van der Waals surface area contributed by atoms with Crippen molar-refractivity contribution >= 4 is 21.9 Å². The van der Waals surface area contributed by atoms with E-state index in [9.17, 15) is 9.59 Å². The fraction of sp³-hybridized carbons (Fsp3) is 0.538. The molecule has 0 aromatic carbocycles. The van der Waals surface area contributed by atoms with Crippen LogP contribution < -0.4 is 10.4 Å². The number of halogens is 1. The zero-order chi connectivity index (χ0) is 15.1. The SMILES string of the molecule is COC(=O)c1cc(Br)c(OCCOCC(C)C)c(=O)o1. The van der Waals surface area contributed by atoms with E-state index in [0.29, 0.717) is 23.6 Å². The zero-order valence-electron chi connectivity index (χ0n) is 11.6. The molecule has 0 saturated heterocycles. The first-order chi connectivity index (χ1) is 9.45. The Kier molecular flexibility index (Phi) is 6.74. The number of carbonyl (C=O) groups excluding carboxylic acids is 1. The number of esters is 1. The van der Waals surface area contributed by atoms with Crippen molar-refractivity contribution in [3.05, 3.63) is 26.7 Å². The Labute approximate surface area is 125 Å². The second-order valence-corrected chi connectivity index (χ2v) is 5.24. The van der Waals surface area contributed by atoms with E-state index in [1.54, 1.807) is 0 Å². The van der Waals surface area contributed by atoms with E-state index >= 15 is 0 Å². The second-order valence-electron chi connectivity index (χ2n) is 4.38. The lowest BCUT2D eigenvalue weighted by Gasteiger charge is -2.09. The third-order valence-corrected chi connectivity index (χ3v) is 2.76. The van der Waals surface area contributed by atoms with Gasteiger partial charge < -0.3 is 18.6 Å². The van der Waals surface area contributed by atoms with Crippen molar-refractivity contribution in [1.82, 2.24) is 0 Å². The number of methoxy groups -OCH3 is 1. The Morgan fingerprint density at radius 3 is 2.65 bits per heavy atom. The molecule has 20 heavy (non-hydrogen) atoms. The molecule has 0 amide bonds. The normalized spacial score (nSPS) is 10.7. The van der Waals surface area contributed by atoms with Gasteiger partial charge in [0.1, 0.15) is 6.61 Å². The summed E-state index contributed by atoms with van der Waals surface area (Å²) in [5, 5.41) is 0. The van der Waals surface area contributed by atoms with Gasteiger partial charge in [0.2, 0.25) is 11.5 Å². The van der Waals surface area contributed by atoms with Gasteiger partial charge in [0.25, 0.3) is 0 Å². The average molecular weight is 349 g/mol. The molecule has 1 heterocycles. The molecule has 0 aliphatic rings. The molecule has 1 rings (SSSR count). The highest BCUT2D eigenvalue weighted by atomic mass is 79.9. The summed E-state index contributed by atoms with van der Waals surface area (Å²) in [4.78, 5) is 22.9. The number of hydrogen-bond acceptors (Lipinski definition) is 6. The van der Waals surface area contributed by atoms with Crippen LogP contribution in [-0.4, -0.2) is 32.9 Å². The predicted octanol–water partition coefficient (Wildman–Crippen LogP) is 2.24. The molecule has 0 aliphatic heterocycles. The molecule has 1 aromatic rings. The van der Waals surface area contributed by atoms with Gasteiger partial charge in [-0.15, -0.1) is 0 Å². The summed E-state index contributed by atoms with van der Waals surface area (Å²) in [6.07, 6.45) is 0. The van der Waals surface area contributed by atoms with Crippen LogP contribution in [0, 0.1) is 5.92 Å². The van der Waals surface area contributed by atoms with Crippen molar-refractivity contribution in [3.63, 3.8) is 0 Å². The molecule has 0 aliphatic carbocycles. The molecule has 0 N–H and O–H groups in total. The van der Waals surface area contributed by atoms with Crippen LogP contribution in [0.4, 0.5) is 0 Å². The average Bonchev–Trinajstić information content (AvgIpc) is 2.39. The summed E-state index contributed by atoms with van der Waals surface area (Å²) < 4.78 is 20.2. The lowest BCUT2D eigenvalue weighted by molar-refractivity contribution is 0.0556. The topological polar surface area (TPSA) is 75.0 Å². The van der Waals surface area contributed by atoms with Crippen LogP contribution in [0.2, 0.25) is 0 Å². The Morgan fingerprint density at radius 1 is 1.40 bits per heavy atom. The standard InChI is InChI=1S/C13H17BrO6/c1-8(2)7-18-4-5-19-11-9(14)6-10(12(15)17-3)20-13(11)16/h6,8H,4-5,7H2,1-3H3. The summed E-state index contributed by atoms with van der Waals surface area (Å²) in [5.41, 5.74) is -0.747. The Balaban J connectivity index is 2.63. The smallest absolute Gasteiger partial charge is 0.380 e. The third kappa shape index (κ3) is 4.97. The molecule has 0 bridgehead atoms. The number of rotatable bonds is 7. The summed E-state index contributed by atoms with van der Waals surface area (Å²) in [7, 11) is 1.20. The first-order valence-electron chi connectivity index (χ1n) is 6.08. The minimum absolute atomic E-state index is 0.00537. The van der Waals surface area contributed by atoms with Crippen molar-refractivity contribution in [2.45, 2.75) is 13.8 Å². The van der Waals surface area contributed by atoms with Crippen molar-refractivity contribution in [2.75, 3.05) is 26.9 Å². The van der Waals surface area contributed by atoms with E-state index in [1.165, 1.54) is 13.2 Å². The molecular weight excluding hydrogens is 332 g/mol. The van der Waals surface area contributed by atoms with Gasteiger partial charge in [0, 0.05) is 12.7 Å². The highest BCUT2D eigenvalue weighted by Gasteiger charge is 2.16. The fourth-order valence-electron chi connectivity index (χ4n) is 1.30. The second kappa shape index (κ2) is 8.06. The van der Waals surface area contributed by atoms with Crippen molar-refractivity contribution in [1.29, 1.82) is 0 Å². The fourth-order valence-corrected chi connectivity index (χ4v) is 1.79. The maximum Gasteiger partial charge on any atom is 0.380 e. The van der Waals surface area contributed by atoms with Crippen LogP contribution in [0.3, 0.4) is 0 Å². The van der Waals surface area contributed by atoms with E-state index in [2.05, 4.69) is 20.7 Å². The van der Waals surface area contributed by atoms with Gasteiger partial charge >= 0.3 is 11.6 Å². The van der Waals surface area contributed by atoms with Crippen molar-refractivity contribution in [2.24, 2.45) is 5.92 Å². The lowest BCUT2D eigenvalue weighted by Crippen LogP contribution is -2.16. The molecule has 0 radical (unpaired) electrons. The quantitative estimate of drug-likeness (QED) is 0.555. The van der Waals surface area contributed by atoms with E-state index < -0.39 is 11.6 Å². The van der Waals surface area contributed by atoms with Gasteiger partial charge in [-0.1, -0.05) is 13.8 Å². The Hall–Kier alpha value is -1.34. The first-order valence-corrected chi connectivity index (χ1v) is 6.87. The maximum atomic E-state index is 11.7. The summed E-state index contributed by atoms with van der Waals surface area (Å²) in [6, 6.07) is 1.33. The Bertz CT molecular complexity index is 508. The van der Waals surface area contributed by atoms with E-state index in [4.69, 9.17) is 13.9 Å². The van der Waals surface area contributed by atoms with Crippen LogP contribution in [-0.2, 0) is 9.47 Å². The van der Waals surface area contributed by atoms with Crippen LogP contribution >= 0.6 is 15.9 Å². The minimum atomic E-state index is -0.747. The summed E-state index contributed by atoms with van der Waals surface area (Å²) in [6.45, 7) is 5.28. The lowest BCUT2D eigenvalue weighted by atomic mass is 10.2. The van der Waals surface area contributed by atoms with Crippen molar-refractivity contribution in [3.8, 4) is 5.75 Å². The summed E-state index contributed by atoms with van der Waals surface area (Å²) in [5.74, 6) is -0.473. The molecule has 6 nitrogen and oxygen atoms in total. The zero-order valence-corrected chi connectivity index (χ0v) is 13.2. The molecule has 0 unspecified atom stereocenters. The van der Waals surface area contributed by atoms with E-state index in [-0.39, 0.29) is 18.1 Å². The van der Waals surface area contributed by atoms with E-state index in [1.807, 2.05) is 13.8 Å². The number of ether oxygens (including phenoxy) is 3. The predicted molar refractivity (Wildman–Crippen MR) is 75.2 cm³/mol. The van der Waals surface area contributed by atoms with Gasteiger partial charge in [-0.05, 0) is 21.8 Å². The third-order valence-electron chi connectivity index (χ3n) is 2.17. The van der Waals surface area contributed by atoms with Gasteiger partial charge in [0.15, 0.2) is 0 Å². The molecule has 1 aromatic heterocycles. The largest absolute Gasteiger partial charge is 0.483 e. The van der Waals surface area contributed by atoms with Crippen LogP contribution in [0.5, 0.6) is 5.75 Å². The first kappa shape index (κ1) is 16.7. The monoisotopic (exact) mass is 348 g/mol. The molecule has 7 heteroatoms. The van der Waals surface area contributed by atoms with E-state index in [0.717, 1.165) is 0 Å².